The Hall–Kier alpha value is -1.40. The lowest BCUT2D eigenvalue weighted by Gasteiger charge is -2.04. The minimum Gasteiger partial charge on any atom is -0.382 e. The number of rotatable bonds is 3. The molecule has 0 bridgehead atoms. The Balaban J connectivity index is 2.31. The molecule has 6 heteroatoms. The number of aryl methyl sites for hydroxylation is 1. The average molecular weight is 323 g/mol. The third kappa shape index (κ3) is 3.30. The molecule has 0 atom stereocenters. The van der Waals surface area contributed by atoms with Crippen molar-refractivity contribution in [3.05, 3.63) is 46.2 Å². The number of nitrogens with zero attached hydrogens (tertiary/aromatic N) is 2. The highest BCUT2D eigenvalue weighted by atomic mass is 79.9. The van der Waals surface area contributed by atoms with Crippen molar-refractivity contribution < 1.29 is 0 Å². The molecule has 92 valence electrons. The average Bonchev–Trinajstić information content (AvgIpc) is 2.28. The van der Waals surface area contributed by atoms with Crippen LogP contribution in [0.2, 0.25) is 0 Å². The predicted octanol–water partition coefficient (Wildman–Crippen LogP) is 2.98. The molecule has 0 unspecified atom stereocenters. The Morgan fingerprint density at radius 2 is 2.11 bits per heavy atom. The van der Waals surface area contributed by atoms with Gasteiger partial charge in [0, 0.05) is 15.1 Å². The van der Waals surface area contributed by atoms with E-state index in [1.165, 1.54) is 11.8 Å². The molecule has 1 aromatic heterocycles. The first-order chi connectivity index (χ1) is 8.54. The molecule has 2 rings (SSSR count). The molecule has 2 aromatic rings. The summed E-state index contributed by atoms with van der Waals surface area (Å²) in [6.07, 6.45) is 0. The Morgan fingerprint density at radius 3 is 2.78 bits per heavy atom. The highest BCUT2D eigenvalue weighted by molar-refractivity contribution is 9.10. The fourth-order valence-electron chi connectivity index (χ4n) is 1.36. The van der Waals surface area contributed by atoms with Crippen LogP contribution in [0.1, 0.15) is 11.4 Å². The van der Waals surface area contributed by atoms with Crippen LogP contribution in [0.15, 0.2) is 44.9 Å². The maximum atomic E-state index is 7.41. The molecule has 0 radical (unpaired) electrons. The lowest BCUT2D eigenvalue weighted by atomic mass is 10.3. The van der Waals surface area contributed by atoms with Crippen LogP contribution in [-0.2, 0) is 0 Å². The Bertz CT molecular complexity index is 600. The summed E-state index contributed by atoms with van der Waals surface area (Å²) >= 11 is 4.86. The van der Waals surface area contributed by atoms with Crippen molar-refractivity contribution in [2.45, 2.75) is 17.0 Å². The van der Waals surface area contributed by atoms with Crippen LogP contribution in [0.5, 0.6) is 0 Å². The fourth-order valence-corrected chi connectivity index (χ4v) is 2.79. The molecule has 0 saturated heterocycles. The number of halogens is 1. The van der Waals surface area contributed by atoms with Crippen LogP contribution in [0.25, 0.3) is 0 Å². The first kappa shape index (κ1) is 13.0. The van der Waals surface area contributed by atoms with Crippen LogP contribution < -0.4 is 5.73 Å². The third-order valence-corrected chi connectivity index (χ3v) is 3.46. The van der Waals surface area contributed by atoms with E-state index in [1.54, 1.807) is 6.07 Å². The molecule has 4 nitrogen and oxygen atoms in total. The Morgan fingerprint density at radius 1 is 1.33 bits per heavy atom. The minimum atomic E-state index is -0.0448. The molecule has 18 heavy (non-hydrogen) atoms. The normalized spacial score (nSPS) is 10.3. The van der Waals surface area contributed by atoms with E-state index in [0.717, 1.165) is 15.1 Å². The number of hydrogen-bond donors (Lipinski definition) is 2. The van der Waals surface area contributed by atoms with Crippen LogP contribution in [-0.4, -0.2) is 15.8 Å². The van der Waals surface area contributed by atoms with Crippen molar-refractivity contribution in [2.24, 2.45) is 5.73 Å². The van der Waals surface area contributed by atoms with Crippen LogP contribution in [0.3, 0.4) is 0 Å². The first-order valence-electron chi connectivity index (χ1n) is 5.18. The van der Waals surface area contributed by atoms with Gasteiger partial charge < -0.3 is 5.73 Å². The van der Waals surface area contributed by atoms with Gasteiger partial charge in [0.2, 0.25) is 0 Å². The maximum absolute atomic E-state index is 7.41. The van der Waals surface area contributed by atoms with E-state index in [2.05, 4.69) is 25.9 Å². The summed E-state index contributed by atoms with van der Waals surface area (Å²) in [6, 6.07) is 9.59. The first-order valence-corrected chi connectivity index (χ1v) is 6.79. The standard InChI is InChI=1S/C12H11BrN4S/c1-7-5-10(11(14)15)17-12(16-7)18-9-4-2-3-8(13)6-9/h2-6H,1H3,(H3,14,15). The van der Waals surface area contributed by atoms with Gasteiger partial charge in [-0.1, -0.05) is 22.0 Å². The molecule has 0 aliphatic carbocycles. The third-order valence-electron chi connectivity index (χ3n) is 2.11. The van der Waals surface area contributed by atoms with Gasteiger partial charge in [0.1, 0.15) is 11.5 Å². The minimum absolute atomic E-state index is 0.0448. The number of aromatic nitrogens is 2. The molecular weight excluding hydrogens is 312 g/mol. The summed E-state index contributed by atoms with van der Waals surface area (Å²) in [6.45, 7) is 1.86. The number of benzene rings is 1. The summed E-state index contributed by atoms with van der Waals surface area (Å²) in [5.41, 5.74) is 6.70. The molecule has 1 aromatic carbocycles. The second-order valence-corrected chi connectivity index (χ2v) is 5.61. The predicted molar refractivity (Wildman–Crippen MR) is 76.1 cm³/mol. The van der Waals surface area contributed by atoms with E-state index in [0.29, 0.717) is 10.9 Å². The highest BCUT2D eigenvalue weighted by Crippen LogP contribution is 2.27. The maximum Gasteiger partial charge on any atom is 0.193 e. The second-order valence-electron chi connectivity index (χ2n) is 3.65. The molecule has 0 aliphatic heterocycles. The van der Waals surface area contributed by atoms with Gasteiger partial charge in [0.15, 0.2) is 5.16 Å². The van der Waals surface area contributed by atoms with Crippen molar-refractivity contribution >= 4 is 33.5 Å². The molecule has 0 amide bonds. The number of nitrogens with one attached hydrogen (secondary N) is 1. The van der Waals surface area contributed by atoms with Gasteiger partial charge in [-0.3, -0.25) is 5.41 Å². The van der Waals surface area contributed by atoms with Crippen LogP contribution in [0, 0.1) is 12.3 Å². The monoisotopic (exact) mass is 322 g/mol. The molecule has 3 N–H and O–H groups in total. The summed E-state index contributed by atoms with van der Waals surface area (Å²) in [5.74, 6) is -0.0448. The van der Waals surface area contributed by atoms with Gasteiger partial charge in [-0.05, 0) is 43.0 Å². The van der Waals surface area contributed by atoms with Crippen LogP contribution >= 0.6 is 27.7 Å². The SMILES string of the molecule is Cc1cc(C(=N)N)nc(Sc2cccc(Br)c2)n1. The molecule has 0 fully saturated rings. The molecule has 0 saturated carbocycles. The van der Waals surface area contributed by atoms with E-state index >= 15 is 0 Å². The number of amidine groups is 1. The van der Waals surface area contributed by atoms with Crippen molar-refractivity contribution in [1.29, 1.82) is 5.41 Å². The van der Waals surface area contributed by atoms with E-state index in [-0.39, 0.29) is 5.84 Å². The number of nitrogen functional groups attached to an aromatic ring is 1. The lowest BCUT2D eigenvalue weighted by molar-refractivity contribution is 0.921. The zero-order valence-corrected chi connectivity index (χ0v) is 12.0. The van der Waals surface area contributed by atoms with E-state index in [9.17, 15) is 0 Å². The molecule has 1 heterocycles. The zero-order valence-electron chi connectivity index (χ0n) is 9.64. The summed E-state index contributed by atoms with van der Waals surface area (Å²) in [7, 11) is 0. The van der Waals surface area contributed by atoms with E-state index in [4.69, 9.17) is 11.1 Å². The fraction of sp³-hybridized carbons (Fsp3) is 0.0833. The van der Waals surface area contributed by atoms with Crippen LogP contribution in [0.4, 0.5) is 0 Å². The number of nitrogens with two attached hydrogens (primary N) is 1. The summed E-state index contributed by atoms with van der Waals surface area (Å²) < 4.78 is 1.01. The second kappa shape index (κ2) is 5.49. The summed E-state index contributed by atoms with van der Waals surface area (Å²) in [4.78, 5) is 9.60. The topological polar surface area (TPSA) is 75.7 Å². The molecular formula is C12H11BrN4S. The zero-order chi connectivity index (χ0) is 13.1. The summed E-state index contributed by atoms with van der Waals surface area (Å²) in [5, 5.41) is 8.01. The largest absolute Gasteiger partial charge is 0.382 e. The van der Waals surface area contributed by atoms with Crippen molar-refractivity contribution in [1.82, 2.24) is 9.97 Å². The van der Waals surface area contributed by atoms with Gasteiger partial charge in [-0.25, -0.2) is 9.97 Å². The molecule has 0 spiro atoms. The van der Waals surface area contributed by atoms with Crippen molar-refractivity contribution in [3.8, 4) is 0 Å². The van der Waals surface area contributed by atoms with E-state index in [1.807, 2.05) is 31.2 Å². The Kier molecular flexibility index (Phi) is 3.98. The van der Waals surface area contributed by atoms with Crippen molar-refractivity contribution in [3.63, 3.8) is 0 Å². The molecule has 0 aliphatic rings. The van der Waals surface area contributed by atoms with E-state index < -0.39 is 0 Å². The quantitative estimate of drug-likeness (QED) is 0.517. The van der Waals surface area contributed by atoms with Gasteiger partial charge in [-0.2, -0.15) is 0 Å². The van der Waals surface area contributed by atoms with Gasteiger partial charge in [0.05, 0.1) is 0 Å². The Labute approximate surface area is 118 Å². The lowest BCUT2D eigenvalue weighted by Crippen LogP contribution is -2.14. The van der Waals surface area contributed by atoms with Crippen molar-refractivity contribution in [2.75, 3.05) is 0 Å². The number of hydrogen-bond acceptors (Lipinski definition) is 4. The highest BCUT2D eigenvalue weighted by Gasteiger charge is 2.06. The smallest absolute Gasteiger partial charge is 0.193 e. The van der Waals surface area contributed by atoms with Gasteiger partial charge in [0.25, 0.3) is 0 Å². The van der Waals surface area contributed by atoms with Gasteiger partial charge in [-0.15, -0.1) is 0 Å². The van der Waals surface area contributed by atoms with Gasteiger partial charge >= 0.3 is 0 Å².